The molecule has 40 heavy (non-hydrogen) atoms. The second-order valence-corrected chi connectivity index (χ2v) is 10.1. The maximum Gasteiger partial charge on any atom is 0.266 e. The molecule has 10 heteroatoms. The van der Waals surface area contributed by atoms with E-state index in [1.165, 1.54) is 12.1 Å². The summed E-state index contributed by atoms with van der Waals surface area (Å²) in [4.78, 5) is 18.6. The molecule has 0 aromatic heterocycles. The number of hydrogen-bond donors (Lipinski definition) is 3. The van der Waals surface area contributed by atoms with Crippen LogP contribution in [0.3, 0.4) is 0 Å². The van der Waals surface area contributed by atoms with Crippen LogP contribution >= 0.6 is 15.9 Å². The molecule has 7 nitrogen and oxygen atoms in total. The minimum atomic E-state index is -1.39. The van der Waals surface area contributed by atoms with Crippen molar-refractivity contribution >= 4 is 27.7 Å². The third kappa shape index (κ3) is 6.93. The number of ether oxygens (including phenoxy) is 2. The molecular weight excluding hydrogens is 584 g/mol. The predicted molar refractivity (Wildman–Crippen MR) is 152 cm³/mol. The summed E-state index contributed by atoms with van der Waals surface area (Å²) in [6.07, 6.45) is 1.82. The molecular formula is C30H30BrF2N3O4. The van der Waals surface area contributed by atoms with Crippen LogP contribution in [0.2, 0.25) is 0 Å². The monoisotopic (exact) mass is 613 g/mol. The molecule has 210 valence electrons. The van der Waals surface area contributed by atoms with E-state index in [-0.39, 0.29) is 31.9 Å². The molecule has 0 spiro atoms. The van der Waals surface area contributed by atoms with Crippen LogP contribution in [-0.2, 0) is 16.0 Å². The number of aliphatic hydroxyl groups is 1. The van der Waals surface area contributed by atoms with Crippen molar-refractivity contribution in [3.05, 3.63) is 112 Å². The van der Waals surface area contributed by atoms with Gasteiger partial charge in [0.05, 0.1) is 6.61 Å². The van der Waals surface area contributed by atoms with Gasteiger partial charge >= 0.3 is 0 Å². The smallest absolute Gasteiger partial charge is 0.266 e. The molecule has 1 aliphatic rings. The fourth-order valence-corrected chi connectivity index (χ4v) is 4.91. The predicted octanol–water partition coefficient (Wildman–Crippen LogP) is 5.19. The Hall–Kier alpha value is -3.60. The van der Waals surface area contributed by atoms with Crippen LogP contribution < -0.4 is 15.6 Å². The molecule has 4 rings (SSSR count). The lowest BCUT2D eigenvalue weighted by molar-refractivity contribution is -0.129. The van der Waals surface area contributed by atoms with Gasteiger partial charge in [-0.2, -0.15) is 0 Å². The highest BCUT2D eigenvalue weighted by atomic mass is 79.9. The van der Waals surface area contributed by atoms with Crippen molar-refractivity contribution < 1.29 is 28.2 Å². The molecule has 0 fully saturated rings. The molecule has 3 aromatic carbocycles. The van der Waals surface area contributed by atoms with E-state index in [4.69, 9.17) is 19.6 Å². The number of halogens is 3. The molecule has 1 aliphatic heterocycles. The highest BCUT2D eigenvalue weighted by molar-refractivity contribution is 9.10. The van der Waals surface area contributed by atoms with E-state index in [1.54, 1.807) is 30.3 Å². The molecule has 0 bridgehead atoms. The molecule has 1 amide bonds. The Kier molecular flexibility index (Phi) is 10.0. The second kappa shape index (κ2) is 13.6. The first-order chi connectivity index (χ1) is 19.4. The first-order valence-electron chi connectivity index (χ1n) is 12.8. The van der Waals surface area contributed by atoms with Crippen molar-refractivity contribution in [1.82, 2.24) is 10.9 Å². The molecule has 0 aliphatic carbocycles. The molecule has 1 heterocycles. The third-order valence-electron chi connectivity index (χ3n) is 6.34. The average molecular weight is 614 g/mol. The number of hydrazine groups is 1. The highest BCUT2D eigenvalue weighted by Crippen LogP contribution is 2.44. The van der Waals surface area contributed by atoms with Crippen LogP contribution in [0.5, 0.6) is 5.75 Å². The maximum absolute atomic E-state index is 13.8. The number of aliphatic hydroxyl groups excluding tert-OH is 1. The Bertz CT molecular complexity index is 1350. The standard InChI is InChI=1S/C30H30BrF2N3O4/c1-2-13-30(29(38)36-34-14-12-20-17-22(32)19-23(33)18-20)27(25-6-3-4-7-26(25)31)40-28(35-30)21-8-10-24(11-9-21)39-16-5-15-37/h2-4,6-11,17-19,27,34,37H,1,5,12-16H2,(H,36,38)/t27-,30-/m0/s1. The van der Waals surface area contributed by atoms with Crippen molar-refractivity contribution in [2.45, 2.75) is 30.9 Å². The first-order valence-corrected chi connectivity index (χ1v) is 13.6. The summed E-state index contributed by atoms with van der Waals surface area (Å²) >= 11 is 3.58. The van der Waals surface area contributed by atoms with Crippen LogP contribution in [-0.4, -0.2) is 42.2 Å². The summed E-state index contributed by atoms with van der Waals surface area (Å²) in [5, 5.41) is 8.96. The Balaban J connectivity index is 1.57. The number of aliphatic imine (C=N–C) groups is 1. The Morgan fingerprint density at radius 2 is 1.88 bits per heavy atom. The molecule has 3 N–H and O–H groups in total. The zero-order valence-electron chi connectivity index (χ0n) is 21.7. The van der Waals surface area contributed by atoms with Crippen molar-refractivity contribution in [1.29, 1.82) is 0 Å². The van der Waals surface area contributed by atoms with E-state index in [0.717, 1.165) is 16.1 Å². The lowest BCUT2D eigenvalue weighted by atomic mass is 9.84. The van der Waals surface area contributed by atoms with Crippen molar-refractivity contribution in [2.24, 2.45) is 4.99 Å². The SMILES string of the molecule is C=CC[C@]1(C(=O)NNCCc2cc(F)cc(F)c2)N=C(c2ccc(OCCCO)cc2)O[C@H]1c1ccccc1Br. The van der Waals surface area contributed by atoms with Crippen LogP contribution in [0.25, 0.3) is 0 Å². The van der Waals surface area contributed by atoms with E-state index < -0.39 is 29.2 Å². The van der Waals surface area contributed by atoms with E-state index in [1.807, 2.05) is 24.3 Å². The van der Waals surface area contributed by atoms with Crippen molar-refractivity contribution in [2.75, 3.05) is 19.8 Å². The fraction of sp³-hybridized carbons (Fsp3) is 0.267. The van der Waals surface area contributed by atoms with Gasteiger partial charge in [-0.05, 0) is 54.4 Å². The van der Waals surface area contributed by atoms with Gasteiger partial charge in [-0.15, -0.1) is 6.58 Å². The molecule has 3 aromatic rings. The summed E-state index contributed by atoms with van der Waals surface area (Å²) in [6.45, 7) is 4.52. The number of hydrogen-bond acceptors (Lipinski definition) is 6. The minimum absolute atomic E-state index is 0.0465. The molecule has 0 unspecified atom stereocenters. The van der Waals surface area contributed by atoms with E-state index >= 15 is 0 Å². The molecule has 0 saturated heterocycles. The number of nitrogens with zero attached hydrogens (tertiary/aromatic N) is 1. The average Bonchev–Trinajstić information content (AvgIpc) is 3.32. The second-order valence-electron chi connectivity index (χ2n) is 9.21. The number of rotatable bonds is 13. The topological polar surface area (TPSA) is 92.2 Å². The zero-order chi connectivity index (χ0) is 28.5. The summed E-state index contributed by atoms with van der Waals surface area (Å²) in [5.74, 6) is -0.840. The fourth-order valence-electron chi connectivity index (χ4n) is 4.41. The van der Waals surface area contributed by atoms with Crippen LogP contribution in [0.1, 0.15) is 35.6 Å². The van der Waals surface area contributed by atoms with Crippen molar-refractivity contribution in [3.63, 3.8) is 0 Å². The lowest BCUT2D eigenvalue weighted by Crippen LogP contribution is -2.52. The number of amides is 1. The van der Waals surface area contributed by atoms with Gasteiger partial charge in [0.2, 0.25) is 5.90 Å². The summed E-state index contributed by atoms with van der Waals surface area (Å²) in [6, 6.07) is 17.9. The van der Waals surface area contributed by atoms with Crippen LogP contribution in [0, 0.1) is 11.6 Å². The normalized spacial score (nSPS) is 18.1. The van der Waals surface area contributed by atoms with Crippen molar-refractivity contribution in [3.8, 4) is 5.75 Å². The van der Waals surface area contributed by atoms with E-state index in [0.29, 0.717) is 29.9 Å². The van der Waals surface area contributed by atoms with E-state index in [9.17, 15) is 13.6 Å². The number of carbonyl (C=O) groups excluding carboxylic acids is 1. The quantitative estimate of drug-likeness (QED) is 0.140. The van der Waals surface area contributed by atoms with Gasteiger partial charge in [0.15, 0.2) is 11.6 Å². The molecule has 2 atom stereocenters. The highest BCUT2D eigenvalue weighted by Gasteiger charge is 2.53. The van der Waals surface area contributed by atoms with Crippen LogP contribution in [0.4, 0.5) is 8.78 Å². The van der Waals surface area contributed by atoms with Gasteiger partial charge in [0, 0.05) is 47.7 Å². The van der Waals surface area contributed by atoms with Gasteiger partial charge in [0.1, 0.15) is 17.4 Å². The Morgan fingerprint density at radius 3 is 2.55 bits per heavy atom. The van der Waals surface area contributed by atoms with Gasteiger partial charge in [-0.3, -0.25) is 10.2 Å². The summed E-state index contributed by atoms with van der Waals surface area (Å²) < 4.78 is 39.8. The minimum Gasteiger partial charge on any atom is -0.494 e. The van der Waals surface area contributed by atoms with Gasteiger partial charge in [-0.25, -0.2) is 19.2 Å². The third-order valence-corrected chi connectivity index (χ3v) is 7.06. The van der Waals surface area contributed by atoms with Gasteiger partial charge < -0.3 is 14.6 Å². The summed E-state index contributed by atoms with van der Waals surface area (Å²) in [5.41, 5.74) is 6.02. The lowest BCUT2D eigenvalue weighted by Gasteiger charge is -2.30. The Labute approximate surface area is 240 Å². The number of carbonyl (C=O) groups is 1. The van der Waals surface area contributed by atoms with Crippen LogP contribution in [0.15, 0.2) is 88.9 Å². The van der Waals surface area contributed by atoms with Gasteiger partial charge in [-0.1, -0.05) is 40.2 Å². The van der Waals surface area contributed by atoms with Gasteiger partial charge in [0.25, 0.3) is 5.91 Å². The number of benzene rings is 3. The largest absolute Gasteiger partial charge is 0.494 e. The zero-order valence-corrected chi connectivity index (χ0v) is 23.3. The molecule has 0 radical (unpaired) electrons. The van der Waals surface area contributed by atoms with E-state index in [2.05, 4.69) is 33.4 Å². The number of nitrogens with one attached hydrogen (secondary N) is 2. The first kappa shape index (κ1) is 29.4. The maximum atomic E-state index is 13.8. The molecule has 0 saturated carbocycles. The summed E-state index contributed by atoms with van der Waals surface area (Å²) in [7, 11) is 0. The Morgan fingerprint density at radius 1 is 1.15 bits per heavy atom.